The molecule has 31 heavy (non-hydrogen) atoms. The van der Waals surface area contributed by atoms with E-state index in [0.29, 0.717) is 5.92 Å². The molecule has 0 N–H and O–H groups in total. The normalized spacial score (nSPS) is 38.2. The highest BCUT2D eigenvalue weighted by Gasteiger charge is 2.64. The van der Waals surface area contributed by atoms with Crippen molar-refractivity contribution < 1.29 is 4.74 Å². The van der Waals surface area contributed by atoms with Crippen molar-refractivity contribution in [1.82, 2.24) is 10.2 Å². The third kappa shape index (κ3) is 2.23. The summed E-state index contributed by atoms with van der Waals surface area (Å²) < 4.78 is 7.24. The number of aromatic nitrogens is 2. The van der Waals surface area contributed by atoms with Crippen molar-refractivity contribution in [3.8, 4) is 0 Å². The predicted molar refractivity (Wildman–Crippen MR) is 123 cm³/mol. The van der Waals surface area contributed by atoms with Gasteiger partial charge in [0, 0.05) is 28.5 Å². The van der Waals surface area contributed by atoms with Crippen molar-refractivity contribution >= 4 is 16.3 Å². The van der Waals surface area contributed by atoms with Gasteiger partial charge >= 0.3 is 0 Å². The number of allylic oxidation sites excluding steroid dienone is 3. The maximum atomic E-state index is 7.24. The zero-order valence-electron chi connectivity index (χ0n) is 18.2. The minimum absolute atomic E-state index is 0.0741. The van der Waals surface area contributed by atoms with Gasteiger partial charge in [0.15, 0.2) is 0 Å². The highest BCUT2D eigenvalue weighted by molar-refractivity contribution is 5.86. The molecule has 0 unspecified atom stereocenters. The van der Waals surface area contributed by atoms with Crippen LogP contribution >= 0.6 is 0 Å². The fourth-order valence-electron chi connectivity index (χ4n) is 7.54. The first kappa shape index (κ1) is 18.1. The van der Waals surface area contributed by atoms with Crippen LogP contribution in [-0.2, 0) is 4.74 Å². The predicted octanol–water partition coefficient (Wildman–Crippen LogP) is 6.34. The number of rotatable bonds is 1. The third-order valence-electron chi connectivity index (χ3n) is 9.07. The summed E-state index contributed by atoms with van der Waals surface area (Å²) in [4.78, 5) is 0. The van der Waals surface area contributed by atoms with Crippen LogP contribution in [0.5, 0.6) is 0 Å². The van der Waals surface area contributed by atoms with Crippen molar-refractivity contribution in [2.45, 2.75) is 63.1 Å². The number of benzene rings is 1. The zero-order valence-corrected chi connectivity index (χ0v) is 18.2. The van der Waals surface area contributed by atoms with E-state index in [2.05, 4.69) is 60.1 Å². The van der Waals surface area contributed by atoms with Gasteiger partial charge in [-0.05, 0) is 66.9 Å². The van der Waals surface area contributed by atoms with Crippen molar-refractivity contribution in [3.05, 3.63) is 77.7 Å². The molecule has 0 radical (unpaired) electrons. The number of fused-ring (bicyclic) bond motifs is 2. The molecular formula is C28H28N2O. The maximum absolute atomic E-state index is 7.24. The molecule has 3 nitrogen and oxygen atoms in total. The fraction of sp³-hybridized carbons (Fsp3) is 0.429. The van der Waals surface area contributed by atoms with Gasteiger partial charge in [0.1, 0.15) is 0 Å². The van der Waals surface area contributed by atoms with E-state index in [0.717, 1.165) is 55.7 Å². The zero-order chi connectivity index (χ0) is 20.8. The number of hydrogen-bond acceptors (Lipinski definition) is 3. The Morgan fingerprint density at radius 3 is 2.84 bits per heavy atom. The van der Waals surface area contributed by atoms with Crippen molar-refractivity contribution in [2.24, 2.45) is 11.3 Å². The molecule has 3 heterocycles. The Morgan fingerprint density at radius 1 is 1.06 bits per heavy atom. The van der Waals surface area contributed by atoms with Gasteiger partial charge < -0.3 is 4.74 Å². The van der Waals surface area contributed by atoms with Crippen LogP contribution in [-0.4, -0.2) is 21.4 Å². The molecule has 3 aliphatic carbocycles. The van der Waals surface area contributed by atoms with E-state index in [4.69, 9.17) is 4.74 Å². The molecule has 1 aromatic carbocycles. The van der Waals surface area contributed by atoms with Gasteiger partial charge in [0.25, 0.3) is 0 Å². The Kier molecular flexibility index (Phi) is 3.40. The quantitative estimate of drug-likeness (QED) is 0.517. The number of nitrogens with zero attached hydrogens (tertiary/aromatic N) is 2. The van der Waals surface area contributed by atoms with E-state index >= 15 is 0 Å². The molecule has 7 rings (SSSR count). The summed E-state index contributed by atoms with van der Waals surface area (Å²) in [5, 5.41) is 10.4. The standard InChI is InChI=1S/C28H28N2O/c1-18-3-6-22-14-23-9-10-26(2)24(19-4-5-20-16-29-30-17-21(20)13-19)7-8-25(26)28(23)12-11-27(22,15-18)31-28/h4-5,7,9,13-14,16-17,25H,1,3,6,8,10-12,15H2,2H3/t25-,26-,27-,28-/m1/s1. The molecule has 2 fully saturated rings. The van der Waals surface area contributed by atoms with E-state index in [-0.39, 0.29) is 16.6 Å². The molecule has 1 saturated heterocycles. The van der Waals surface area contributed by atoms with Gasteiger partial charge in [-0.15, -0.1) is 0 Å². The molecule has 0 amide bonds. The van der Waals surface area contributed by atoms with Gasteiger partial charge in [-0.3, -0.25) is 0 Å². The molecule has 1 saturated carbocycles. The molecule has 3 heteroatoms. The molecule has 156 valence electrons. The van der Waals surface area contributed by atoms with Crippen LogP contribution in [0.25, 0.3) is 16.3 Å². The van der Waals surface area contributed by atoms with Gasteiger partial charge in [-0.1, -0.05) is 49.4 Å². The molecule has 2 aliphatic heterocycles. The van der Waals surface area contributed by atoms with E-state index in [1.165, 1.54) is 27.9 Å². The SMILES string of the molecule is C=C1CCC2=CC3=CC[C@]4(C)C(c5ccc6cnncc6c5)=CC[C@H]4[C@@]34CC[C@]2(C1)O4. The van der Waals surface area contributed by atoms with Crippen LogP contribution in [0.4, 0.5) is 0 Å². The van der Waals surface area contributed by atoms with Crippen LogP contribution < -0.4 is 0 Å². The first-order chi connectivity index (χ1) is 15.0. The average Bonchev–Trinajstić information content (AvgIpc) is 3.28. The second kappa shape index (κ2) is 5.83. The first-order valence-corrected chi connectivity index (χ1v) is 11.7. The van der Waals surface area contributed by atoms with Crippen LogP contribution in [0.15, 0.2) is 72.1 Å². The van der Waals surface area contributed by atoms with E-state index in [1.807, 2.05) is 12.4 Å². The van der Waals surface area contributed by atoms with Gasteiger partial charge in [-0.2, -0.15) is 10.2 Å². The summed E-state index contributed by atoms with van der Waals surface area (Å²) in [6.07, 6.45) is 19.0. The largest absolute Gasteiger partial charge is 0.359 e. The van der Waals surface area contributed by atoms with Crippen molar-refractivity contribution in [1.29, 1.82) is 0 Å². The molecule has 4 atom stereocenters. The molecule has 1 aromatic heterocycles. The topological polar surface area (TPSA) is 35.0 Å². The van der Waals surface area contributed by atoms with Crippen LogP contribution in [0.1, 0.15) is 57.4 Å². The van der Waals surface area contributed by atoms with Gasteiger partial charge in [0.05, 0.1) is 23.6 Å². The van der Waals surface area contributed by atoms with E-state index < -0.39 is 0 Å². The summed E-state index contributed by atoms with van der Waals surface area (Å²) in [6, 6.07) is 6.74. The lowest BCUT2D eigenvalue weighted by molar-refractivity contribution is -0.123. The van der Waals surface area contributed by atoms with Crippen LogP contribution in [0, 0.1) is 11.3 Å². The second-order valence-electron chi connectivity index (χ2n) is 10.6. The summed E-state index contributed by atoms with van der Waals surface area (Å²) in [7, 11) is 0. The lowest BCUT2D eigenvalue weighted by Crippen LogP contribution is -2.53. The second-order valence-corrected chi connectivity index (χ2v) is 10.6. The highest BCUT2D eigenvalue weighted by atomic mass is 16.5. The molecule has 5 aliphatic rings. The van der Waals surface area contributed by atoms with Crippen LogP contribution in [0.2, 0.25) is 0 Å². The fourth-order valence-corrected chi connectivity index (χ4v) is 7.54. The van der Waals surface area contributed by atoms with Gasteiger partial charge in [0.2, 0.25) is 0 Å². The van der Waals surface area contributed by atoms with Gasteiger partial charge in [-0.25, -0.2) is 0 Å². The summed E-state index contributed by atoms with van der Waals surface area (Å²) >= 11 is 0. The van der Waals surface area contributed by atoms with Crippen LogP contribution in [0.3, 0.4) is 0 Å². The lowest BCUT2D eigenvalue weighted by atomic mass is 9.58. The Hall–Kier alpha value is -2.52. The Balaban J connectivity index is 1.32. The first-order valence-electron chi connectivity index (χ1n) is 11.7. The monoisotopic (exact) mass is 408 g/mol. The minimum atomic E-state index is -0.130. The highest BCUT2D eigenvalue weighted by Crippen LogP contribution is 2.67. The van der Waals surface area contributed by atoms with E-state index in [1.54, 1.807) is 0 Å². The average molecular weight is 409 g/mol. The number of ether oxygens (including phenoxy) is 1. The summed E-state index contributed by atoms with van der Waals surface area (Å²) in [5.74, 6) is 0.494. The maximum Gasteiger partial charge on any atom is 0.0981 e. The molecule has 2 bridgehead atoms. The molecule has 2 spiro atoms. The lowest BCUT2D eigenvalue weighted by Gasteiger charge is -2.53. The Morgan fingerprint density at radius 2 is 1.94 bits per heavy atom. The molecule has 2 aromatic rings. The third-order valence-corrected chi connectivity index (χ3v) is 9.07. The van der Waals surface area contributed by atoms with E-state index in [9.17, 15) is 0 Å². The number of hydrogen-bond donors (Lipinski definition) is 0. The molecular weight excluding hydrogens is 380 g/mol. The summed E-state index contributed by atoms with van der Waals surface area (Å²) in [5.41, 5.74) is 7.06. The Bertz CT molecular complexity index is 1250. The smallest absolute Gasteiger partial charge is 0.0981 e. The summed E-state index contributed by atoms with van der Waals surface area (Å²) in [6.45, 7) is 6.81. The Labute approximate surface area is 183 Å². The van der Waals surface area contributed by atoms with Crippen molar-refractivity contribution in [3.63, 3.8) is 0 Å². The van der Waals surface area contributed by atoms with Crippen molar-refractivity contribution in [2.75, 3.05) is 0 Å². The minimum Gasteiger partial charge on any atom is -0.359 e.